The van der Waals surface area contributed by atoms with Crippen molar-refractivity contribution in [2.45, 2.75) is 37.8 Å². The minimum atomic E-state index is -0.191. The maximum Gasteiger partial charge on any atom is 0.138 e. The third-order valence-electron chi connectivity index (χ3n) is 3.37. The summed E-state index contributed by atoms with van der Waals surface area (Å²) in [7, 11) is 0. The summed E-state index contributed by atoms with van der Waals surface area (Å²) in [6.07, 6.45) is 8.76. The van der Waals surface area contributed by atoms with Gasteiger partial charge >= 0.3 is 0 Å². The lowest BCUT2D eigenvalue weighted by Gasteiger charge is -2.13. The van der Waals surface area contributed by atoms with Gasteiger partial charge in [-0.25, -0.2) is 4.98 Å². The topological polar surface area (TPSA) is 53.6 Å². The highest BCUT2D eigenvalue weighted by Gasteiger charge is 2.29. The highest BCUT2D eigenvalue weighted by molar-refractivity contribution is 5.16. The van der Waals surface area contributed by atoms with Crippen LogP contribution in [0.25, 0.3) is 0 Å². The van der Waals surface area contributed by atoms with Gasteiger partial charge in [-0.3, -0.25) is 5.32 Å². The highest BCUT2D eigenvalue weighted by Crippen LogP contribution is 2.37. The molecule has 0 aromatic carbocycles. The van der Waals surface area contributed by atoms with Gasteiger partial charge in [0.1, 0.15) is 6.04 Å². The Balaban J connectivity index is 1.71. The first-order chi connectivity index (χ1) is 7.88. The van der Waals surface area contributed by atoms with E-state index in [0.29, 0.717) is 6.04 Å². The molecule has 2 aliphatic carbocycles. The predicted octanol–water partition coefficient (Wildman–Crippen LogP) is 1.78. The van der Waals surface area contributed by atoms with Crippen LogP contribution in [0, 0.1) is 17.2 Å². The number of hydrogen-bond donors (Lipinski definition) is 1. The fourth-order valence-corrected chi connectivity index (χ4v) is 2.02. The van der Waals surface area contributed by atoms with E-state index in [1.165, 1.54) is 25.7 Å². The van der Waals surface area contributed by atoms with Crippen LogP contribution < -0.4 is 5.32 Å². The van der Waals surface area contributed by atoms with Gasteiger partial charge in [0.05, 0.1) is 24.3 Å². The molecule has 1 heterocycles. The third kappa shape index (κ3) is 1.96. The van der Waals surface area contributed by atoms with Gasteiger partial charge in [0, 0.05) is 6.04 Å². The summed E-state index contributed by atoms with van der Waals surface area (Å²) in [5.41, 5.74) is 1.03. The molecule has 4 heteroatoms. The van der Waals surface area contributed by atoms with E-state index in [9.17, 15) is 5.26 Å². The smallest absolute Gasteiger partial charge is 0.138 e. The van der Waals surface area contributed by atoms with Crippen LogP contribution in [0.4, 0.5) is 0 Å². The second kappa shape index (κ2) is 3.91. The second-order valence-corrected chi connectivity index (χ2v) is 4.87. The summed E-state index contributed by atoms with van der Waals surface area (Å²) >= 11 is 0. The quantitative estimate of drug-likeness (QED) is 0.816. The van der Waals surface area contributed by atoms with Crippen LogP contribution in [0.3, 0.4) is 0 Å². The van der Waals surface area contributed by atoms with Crippen molar-refractivity contribution in [3.05, 3.63) is 18.2 Å². The summed E-state index contributed by atoms with van der Waals surface area (Å²) < 4.78 is 2.16. The van der Waals surface area contributed by atoms with Crippen LogP contribution in [0.5, 0.6) is 0 Å². The molecule has 0 radical (unpaired) electrons. The maximum absolute atomic E-state index is 9.20. The molecule has 0 spiro atoms. The molecule has 0 amide bonds. The zero-order valence-electron chi connectivity index (χ0n) is 9.26. The van der Waals surface area contributed by atoms with Crippen molar-refractivity contribution in [1.82, 2.24) is 14.9 Å². The summed E-state index contributed by atoms with van der Waals surface area (Å²) in [5.74, 6) is 0.799. The van der Waals surface area contributed by atoms with E-state index >= 15 is 0 Å². The molecule has 2 fully saturated rings. The van der Waals surface area contributed by atoms with Crippen molar-refractivity contribution in [3.8, 4) is 6.07 Å². The minimum absolute atomic E-state index is 0.191. The van der Waals surface area contributed by atoms with Gasteiger partial charge < -0.3 is 4.57 Å². The molecule has 1 aromatic heterocycles. The first kappa shape index (κ1) is 9.86. The Bertz CT molecular complexity index is 409. The van der Waals surface area contributed by atoms with E-state index in [0.717, 1.165) is 18.2 Å². The largest absolute Gasteiger partial charge is 0.329 e. The number of imidazole rings is 1. The Morgan fingerprint density at radius 2 is 2.31 bits per heavy atom. The van der Waals surface area contributed by atoms with Crippen molar-refractivity contribution in [2.75, 3.05) is 6.54 Å². The Labute approximate surface area is 95.3 Å². The Hall–Kier alpha value is -1.34. The predicted molar refractivity (Wildman–Crippen MR) is 59.6 cm³/mol. The zero-order chi connectivity index (χ0) is 11.0. The van der Waals surface area contributed by atoms with Gasteiger partial charge in [-0.15, -0.1) is 0 Å². The first-order valence-corrected chi connectivity index (χ1v) is 6.03. The summed E-state index contributed by atoms with van der Waals surface area (Å²) in [6, 6.07) is 2.74. The number of rotatable bonds is 5. The monoisotopic (exact) mass is 216 g/mol. The van der Waals surface area contributed by atoms with Gasteiger partial charge in [0.15, 0.2) is 0 Å². The van der Waals surface area contributed by atoms with Crippen LogP contribution >= 0.6 is 0 Å². The summed E-state index contributed by atoms with van der Waals surface area (Å²) in [5, 5.41) is 12.5. The van der Waals surface area contributed by atoms with Gasteiger partial charge in [-0.2, -0.15) is 5.26 Å². The molecule has 16 heavy (non-hydrogen) atoms. The average Bonchev–Trinajstić information content (AvgIpc) is 3.21. The van der Waals surface area contributed by atoms with Crippen LogP contribution in [-0.4, -0.2) is 16.1 Å². The zero-order valence-corrected chi connectivity index (χ0v) is 9.26. The van der Waals surface area contributed by atoms with Crippen molar-refractivity contribution < 1.29 is 0 Å². The molecule has 4 nitrogen and oxygen atoms in total. The minimum Gasteiger partial charge on any atom is -0.329 e. The number of nitriles is 1. The number of nitrogens with one attached hydrogen (secondary N) is 1. The number of aromatic nitrogens is 2. The van der Waals surface area contributed by atoms with Crippen molar-refractivity contribution >= 4 is 0 Å². The first-order valence-electron chi connectivity index (χ1n) is 6.03. The SMILES string of the molecule is N#CC(NCC1CC1)c1cncn1C1CC1. The summed E-state index contributed by atoms with van der Waals surface area (Å²) in [6.45, 7) is 0.966. The summed E-state index contributed by atoms with van der Waals surface area (Å²) in [4.78, 5) is 4.17. The van der Waals surface area contributed by atoms with Crippen molar-refractivity contribution in [2.24, 2.45) is 5.92 Å². The van der Waals surface area contributed by atoms with Crippen LogP contribution in [0.2, 0.25) is 0 Å². The molecule has 0 aliphatic heterocycles. The van der Waals surface area contributed by atoms with Gasteiger partial charge in [-0.05, 0) is 38.1 Å². The van der Waals surface area contributed by atoms with Crippen LogP contribution in [0.1, 0.15) is 43.5 Å². The molecule has 1 atom stereocenters. The maximum atomic E-state index is 9.20. The molecule has 1 aromatic rings. The van der Waals surface area contributed by atoms with Crippen molar-refractivity contribution in [1.29, 1.82) is 5.26 Å². The Morgan fingerprint density at radius 3 is 2.94 bits per heavy atom. The number of hydrogen-bond acceptors (Lipinski definition) is 3. The lowest BCUT2D eigenvalue weighted by Crippen LogP contribution is -2.24. The average molecular weight is 216 g/mol. The standard InChI is InChI=1S/C12H16N4/c13-5-11(15-6-9-1-2-9)12-7-14-8-16(12)10-3-4-10/h7-11,15H,1-4,6H2. The molecule has 2 aliphatic rings. The van der Waals surface area contributed by atoms with E-state index in [1.54, 1.807) is 0 Å². The molecular formula is C12H16N4. The molecule has 3 rings (SSSR count). The fourth-order valence-electron chi connectivity index (χ4n) is 2.02. The third-order valence-corrected chi connectivity index (χ3v) is 3.37. The van der Waals surface area contributed by atoms with E-state index < -0.39 is 0 Å². The van der Waals surface area contributed by atoms with Gasteiger partial charge in [0.25, 0.3) is 0 Å². The lowest BCUT2D eigenvalue weighted by atomic mass is 10.2. The van der Waals surface area contributed by atoms with Crippen molar-refractivity contribution in [3.63, 3.8) is 0 Å². The van der Waals surface area contributed by atoms with Gasteiger partial charge in [0.2, 0.25) is 0 Å². The molecular weight excluding hydrogens is 200 g/mol. The van der Waals surface area contributed by atoms with E-state index in [4.69, 9.17) is 0 Å². The van der Waals surface area contributed by atoms with E-state index in [-0.39, 0.29) is 6.04 Å². The Morgan fingerprint density at radius 1 is 1.50 bits per heavy atom. The molecule has 0 saturated heterocycles. The molecule has 1 N–H and O–H groups in total. The normalized spacial score (nSPS) is 21.7. The second-order valence-electron chi connectivity index (χ2n) is 4.87. The van der Waals surface area contributed by atoms with Crippen LogP contribution in [0.15, 0.2) is 12.5 Å². The van der Waals surface area contributed by atoms with E-state index in [1.807, 2.05) is 12.5 Å². The molecule has 2 saturated carbocycles. The van der Waals surface area contributed by atoms with Crippen LogP contribution in [-0.2, 0) is 0 Å². The lowest BCUT2D eigenvalue weighted by molar-refractivity contribution is 0.553. The number of nitrogens with zero attached hydrogens (tertiary/aromatic N) is 3. The van der Waals surface area contributed by atoms with E-state index in [2.05, 4.69) is 20.9 Å². The van der Waals surface area contributed by atoms with Gasteiger partial charge in [-0.1, -0.05) is 0 Å². The molecule has 84 valence electrons. The fraction of sp³-hybridized carbons (Fsp3) is 0.667. The molecule has 1 unspecified atom stereocenters. The molecule has 0 bridgehead atoms. The highest BCUT2D eigenvalue weighted by atomic mass is 15.1. The Kier molecular flexibility index (Phi) is 2.41.